The molecule has 3 N–H and O–H groups in total. The van der Waals surface area contributed by atoms with E-state index in [2.05, 4.69) is 0 Å². The molecule has 0 amide bonds. The summed E-state index contributed by atoms with van der Waals surface area (Å²) < 4.78 is 30.2. The summed E-state index contributed by atoms with van der Waals surface area (Å²) in [4.78, 5) is 0. The quantitative estimate of drug-likeness (QED) is 0.307. The van der Waals surface area contributed by atoms with Gasteiger partial charge in [-0.1, -0.05) is 0 Å². The number of halogens is 1. The van der Waals surface area contributed by atoms with Crippen LogP contribution in [0.5, 0.6) is 0 Å². The first-order valence-corrected chi connectivity index (χ1v) is 1.98. The molecular formula is H3ClO4. The van der Waals surface area contributed by atoms with E-state index < -0.39 is 10.2 Å². The second kappa shape index (κ2) is 1.08. The molecule has 0 saturated carbocycles. The molecule has 0 aromatic rings. The summed E-state index contributed by atoms with van der Waals surface area (Å²) in [5, 5.41) is 0. The van der Waals surface area contributed by atoms with Gasteiger partial charge < -0.3 is 0 Å². The van der Waals surface area contributed by atoms with Crippen LogP contribution in [0.3, 0.4) is 0 Å². The Labute approximate surface area is 30.0 Å². The molecule has 0 aliphatic rings. The van der Waals surface area contributed by atoms with Gasteiger partial charge in [0.1, 0.15) is 0 Å². The fourth-order valence-electron chi connectivity index (χ4n) is 0. The van der Waals surface area contributed by atoms with Crippen LogP contribution in [0.4, 0.5) is 0 Å². The zero-order valence-corrected chi connectivity index (χ0v) is 2.88. The van der Waals surface area contributed by atoms with Crippen molar-refractivity contribution in [3.05, 3.63) is 0 Å². The van der Waals surface area contributed by atoms with E-state index in [1.54, 1.807) is 0 Å². The molecule has 0 unspecified atom stereocenters. The third kappa shape index (κ3) is 1110. The van der Waals surface area contributed by atoms with Crippen LogP contribution in [0.25, 0.3) is 0 Å². The van der Waals surface area contributed by atoms with Crippen molar-refractivity contribution in [3.63, 3.8) is 0 Å². The Balaban J connectivity index is 3.02. The van der Waals surface area contributed by atoms with E-state index in [1.165, 1.54) is 0 Å². The molecule has 0 aromatic heterocycles. The Hall–Kier alpha value is 0.130. The van der Waals surface area contributed by atoms with E-state index in [0.717, 1.165) is 0 Å². The number of rotatable bonds is 0. The van der Waals surface area contributed by atoms with Crippen molar-refractivity contribution in [2.24, 2.45) is 0 Å². The van der Waals surface area contributed by atoms with Gasteiger partial charge in [0.15, 0.2) is 0 Å². The molecule has 0 atom stereocenters. The molecule has 0 aliphatic heterocycles. The van der Waals surface area contributed by atoms with Gasteiger partial charge in [-0.3, -0.25) is 0 Å². The van der Waals surface area contributed by atoms with Crippen molar-refractivity contribution in [2.75, 3.05) is 0 Å². The van der Waals surface area contributed by atoms with Crippen molar-refractivity contribution >= 4 is 0 Å². The third-order valence-electron chi connectivity index (χ3n) is 0. The Morgan fingerprint density at radius 1 is 1.20 bits per heavy atom. The molecule has 0 saturated heterocycles. The normalized spacial score (nSPS) is 15.2. The van der Waals surface area contributed by atoms with Crippen molar-refractivity contribution in [3.8, 4) is 0 Å². The van der Waals surface area contributed by atoms with Crippen LogP contribution < -0.4 is 4.66 Å². The standard InChI is InChI=1S/ClH3O4/c2-1(3,4)5/h2-4H. The summed E-state index contributed by atoms with van der Waals surface area (Å²) in [5.41, 5.74) is 0. The van der Waals surface area contributed by atoms with Gasteiger partial charge in [-0.25, -0.2) is 0 Å². The number of hydrogen-bond acceptors (Lipinski definition) is 4. The van der Waals surface area contributed by atoms with Crippen LogP contribution in [0.2, 0.25) is 0 Å². The summed E-state index contributed by atoms with van der Waals surface area (Å²) in [6, 6.07) is 0. The van der Waals surface area contributed by atoms with Crippen molar-refractivity contribution < 1.29 is 28.9 Å². The van der Waals surface area contributed by atoms with E-state index in [0.29, 0.717) is 0 Å². The van der Waals surface area contributed by atoms with E-state index >= 15 is 0 Å². The zero-order chi connectivity index (χ0) is 4.50. The summed E-state index contributed by atoms with van der Waals surface area (Å²) in [7, 11) is -4.19. The van der Waals surface area contributed by atoms with Gasteiger partial charge in [-0.05, 0) is 0 Å². The van der Waals surface area contributed by atoms with Gasteiger partial charge in [-0.15, -0.1) is 0 Å². The zero-order valence-electron chi connectivity index (χ0n) is 2.13. The molecule has 34 valence electrons. The molecule has 0 fully saturated rings. The molecular weight excluding hydrogens is 99.4 g/mol. The molecule has 0 heterocycles. The third-order valence-corrected chi connectivity index (χ3v) is 0. The molecule has 5 heteroatoms. The first-order chi connectivity index (χ1) is 2.00. The first kappa shape index (κ1) is 5.13. The molecule has 0 spiro atoms. The van der Waals surface area contributed by atoms with Crippen LogP contribution in [-0.2, 0) is 0 Å². The molecule has 4 nitrogen and oxygen atoms in total. The summed E-state index contributed by atoms with van der Waals surface area (Å²) in [6.07, 6.45) is 0. The molecule has 0 rings (SSSR count). The Kier molecular flexibility index (Phi) is 1.10. The van der Waals surface area contributed by atoms with Crippen LogP contribution in [0, 0.1) is 10.2 Å². The Morgan fingerprint density at radius 2 is 1.20 bits per heavy atom. The maximum atomic E-state index is 8.83. The second-order valence-corrected chi connectivity index (χ2v) is 1.30. The van der Waals surface area contributed by atoms with Gasteiger partial charge in [-0.2, -0.15) is 0 Å². The van der Waals surface area contributed by atoms with E-state index in [4.69, 9.17) is 18.6 Å². The molecule has 0 bridgehead atoms. The second-order valence-electron chi connectivity index (χ2n) is 0.434. The summed E-state index contributed by atoms with van der Waals surface area (Å²) in [6.45, 7) is 0. The van der Waals surface area contributed by atoms with E-state index in [9.17, 15) is 0 Å². The van der Waals surface area contributed by atoms with Gasteiger partial charge in [0.25, 0.3) is 0 Å². The van der Waals surface area contributed by atoms with Crippen LogP contribution in [-0.4, -0.2) is 14.0 Å². The minimum absolute atomic E-state index is 4.19. The fourth-order valence-corrected chi connectivity index (χ4v) is 0. The van der Waals surface area contributed by atoms with E-state index in [1.807, 2.05) is 0 Å². The van der Waals surface area contributed by atoms with Crippen LogP contribution in [0.15, 0.2) is 0 Å². The van der Waals surface area contributed by atoms with Crippen molar-refractivity contribution in [1.29, 1.82) is 0 Å². The van der Waals surface area contributed by atoms with Gasteiger partial charge in [0.05, 0.1) is 0 Å². The summed E-state index contributed by atoms with van der Waals surface area (Å²) in [5.74, 6) is 0. The predicted octanol–water partition coefficient (Wildman–Crippen LogP) is -2.86. The molecule has 0 aliphatic carbocycles. The van der Waals surface area contributed by atoms with Crippen LogP contribution in [0.1, 0.15) is 0 Å². The van der Waals surface area contributed by atoms with Gasteiger partial charge in [0, 0.05) is 0 Å². The Bertz CT molecular complexity index is 19.1. The monoisotopic (exact) mass is 102 g/mol. The maximum absolute atomic E-state index is 8.83. The molecule has 0 radical (unpaired) electrons. The van der Waals surface area contributed by atoms with Crippen molar-refractivity contribution in [1.82, 2.24) is 0 Å². The van der Waals surface area contributed by atoms with E-state index in [-0.39, 0.29) is 0 Å². The predicted molar refractivity (Wildman–Crippen MR) is 6.66 cm³/mol. The van der Waals surface area contributed by atoms with Gasteiger partial charge in [0.2, 0.25) is 0 Å². The summed E-state index contributed by atoms with van der Waals surface area (Å²) >= 11 is 0. The van der Waals surface area contributed by atoms with Crippen LogP contribution >= 0.6 is 0 Å². The first-order valence-electron chi connectivity index (χ1n) is 0.661. The van der Waals surface area contributed by atoms with Gasteiger partial charge >= 0.3 is 28.9 Å². The van der Waals surface area contributed by atoms with Crippen molar-refractivity contribution in [2.45, 2.75) is 0 Å². The number of hydrogen-bond donors (Lipinski definition) is 3. The SMILES string of the molecule is [O-][Cl+](O)(O)O. The average Bonchev–Trinajstić information content (AvgIpc) is 0.722. The minimum atomic E-state index is -4.19. The topological polar surface area (TPSA) is 83.8 Å². The fraction of sp³-hybridized carbons (Fsp3) is 0. The Morgan fingerprint density at radius 3 is 1.20 bits per heavy atom. The average molecular weight is 102 g/mol. The molecule has 5 heavy (non-hydrogen) atoms. The molecule has 0 aromatic carbocycles.